The summed E-state index contributed by atoms with van der Waals surface area (Å²) in [5, 5.41) is 3.54. The van der Waals surface area contributed by atoms with Gasteiger partial charge in [0, 0.05) is 20.1 Å². The lowest BCUT2D eigenvalue weighted by Crippen LogP contribution is -2.42. The minimum Gasteiger partial charge on any atom is -0.492 e. The van der Waals surface area contributed by atoms with E-state index < -0.39 is 0 Å². The summed E-state index contributed by atoms with van der Waals surface area (Å²) < 4.78 is 5.73. The number of ether oxygens (including phenoxy) is 1. The van der Waals surface area contributed by atoms with E-state index >= 15 is 0 Å². The Hall–Kier alpha value is -1.71. The van der Waals surface area contributed by atoms with Crippen LogP contribution in [0.2, 0.25) is 0 Å². The maximum absolute atomic E-state index is 5.73. The second-order valence-corrected chi connectivity index (χ2v) is 5.67. The number of rotatable bonds is 7. The second kappa shape index (κ2) is 7.91. The van der Waals surface area contributed by atoms with E-state index in [2.05, 4.69) is 29.2 Å². The van der Waals surface area contributed by atoms with Crippen molar-refractivity contribution < 1.29 is 4.74 Å². The molecule has 0 spiro atoms. The molecule has 21 heavy (non-hydrogen) atoms. The molecule has 2 rings (SSSR count). The number of hydrogen-bond donors (Lipinski definition) is 1. The first-order chi connectivity index (χ1) is 10.2. The molecule has 1 saturated carbocycles. The van der Waals surface area contributed by atoms with Crippen molar-refractivity contribution in [3.8, 4) is 5.75 Å². The molecule has 2 atom stereocenters. The summed E-state index contributed by atoms with van der Waals surface area (Å²) in [5.41, 5.74) is 0. The lowest BCUT2D eigenvalue weighted by atomic mass is 10.2. The highest BCUT2D eigenvalue weighted by Crippen LogP contribution is 2.34. The number of likely N-dealkylation sites (N-methyl/N-ethyl adjacent to an activating group) is 1. The highest BCUT2D eigenvalue weighted by atomic mass is 16.5. The number of hydrogen-bond acceptors (Lipinski definition) is 2. The van der Waals surface area contributed by atoms with Gasteiger partial charge in [0.25, 0.3) is 0 Å². The van der Waals surface area contributed by atoms with Crippen molar-refractivity contribution in [1.82, 2.24) is 10.2 Å². The van der Waals surface area contributed by atoms with Gasteiger partial charge in [-0.1, -0.05) is 31.5 Å². The van der Waals surface area contributed by atoms with Gasteiger partial charge in [-0.15, -0.1) is 0 Å². The third-order valence-corrected chi connectivity index (χ3v) is 3.91. The maximum Gasteiger partial charge on any atom is 0.193 e. The molecule has 0 aromatic heterocycles. The van der Waals surface area contributed by atoms with Crippen LogP contribution in [0.1, 0.15) is 26.2 Å². The van der Waals surface area contributed by atoms with Gasteiger partial charge in [0.1, 0.15) is 12.4 Å². The molecule has 116 valence electrons. The number of aliphatic imine (C=N–C) groups is 1. The molecule has 1 aliphatic rings. The second-order valence-electron chi connectivity index (χ2n) is 5.67. The van der Waals surface area contributed by atoms with Crippen LogP contribution in [0.15, 0.2) is 35.3 Å². The highest BCUT2D eigenvalue weighted by Gasteiger charge is 2.36. The molecule has 1 aromatic rings. The van der Waals surface area contributed by atoms with Crippen molar-refractivity contribution in [1.29, 1.82) is 0 Å². The van der Waals surface area contributed by atoms with Gasteiger partial charge in [0.15, 0.2) is 5.96 Å². The van der Waals surface area contributed by atoms with Gasteiger partial charge in [-0.3, -0.25) is 4.99 Å². The van der Waals surface area contributed by atoms with E-state index in [9.17, 15) is 0 Å². The summed E-state index contributed by atoms with van der Waals surface area (Å²) in [6.45, 7) is 3.72. The van der Waals surface area contributed by atoms with Crippen LogP contribution >= 0.6 is 0 Å². The standard InChI is InChI=1S/C17H27N3O/c1-4-8-14-13-16(14)19-17(18-2)20(3)11-12-21-15-9-6-5-7-10-15/h5-7,9-10,14,16H,4,8,11-13H2,1-3H3,(H,18,19). The summed E-state index contributed by atoms with van der Waals surface area (Å²) in [7, 11) is 3.90. The molecular weight excluding hydrogens is 262 g/mol. The summed E-state index contributed by atoms with van der Waals surface area (Å²) >= 11 is 0. The molecule has 2 unspecified atom stereocenters. The van der Waals surface area contributed by atoms with Gasteiger partial charge >= 0.3 is 0 Å². The summed E-state index contributed by atoms with van der Waals surface area (Å²) in [6.07, 6.45) is 3.86. The number of guanidine groups is 1. The number of nitrogens with one attached hydrogen (secondary N) is 1. The van der Waals surface area contributed by atoms with Crippen molar-refractivity contribution in [2.45, 2.75) is 32.2 Å². The van der Waals surface area contributed by atoms with Crippen molar-refractivity contribution in [2.24, 2.45) is 10.9 Å². The predicted octanol–water partition coefficient (Wildman–Crippen LogP) is 2.76. The molecule has 0 bridgehead atoms. The third-order valence-electron chi connectivity index (χ3n) is 3.91. The topological polar surface area (TPSA) is 36.9 Å². The van der Waals surface area contributed by atoms with Crippen molar-refractivity contribution >= 4 is 5.96 Å². The van der Waals surface area contributed by atoms with Crippen LogP contribution in [0, 0.1) is 5.92 Å². The zero-order valence-electron chi connectivity index (χ0n) is 13.4. The molecule has 1 fully saturated rings. The maximum atomic E-state index is 5.73. The zero-order valence-corrected chi connectivity index (χ0v) is 13.4. The fraction of sp³-hybridized carbons (Fsp3) is 0.588. The van der Waals surface area contributed by atoms with Gasteiger partial charge < -0.3 is 15.0 Å². The van der Waals surface area contributed by atoms with Gasteiger partial charge in [0.05, 0.1) is 6.54 Å². The first kappa shape index (κ1) is 15.7. The molecule has 0 radical (unpaired) electrons. The van der Waals surface area contributed by atoms with Gasteiger partial charge in [-0.2, -0.15) is 0 Å². The van der Waals surface area contributed by atoms with Gasteiger partial charge in [-0.05, 0) is 30.9 Å². The Bertz CT molecular complexity index is 447. The Labute approximate surface area is 128 Å². The largest absolute Gasteiger partial charge is 0.492 e. The van der Waals surface area contributed by atoms with E-state index in [-0.39, 0.29) is 0 Å². The lowest BCUT2D eigenvalue weighted by Gasteiger charge is -2.22. The van der Waals surface area contributed by atoms with Crippen molar-refractivity contribution in [3.63, 3.8) is 0 Å². The first-order valence-corrected chi connectivity index (χ1v) is 7.87. The van der Waals surface area contributed by atoms with Crippen LogP contribution in [0.4, 0.5) is 0 Å². The number of para-hydroxylation sites is 1. The van der Waals surface area contributed by atoms with E-state index in [0.29, 0.717) is 12.6 Å². The summed E-state index contributed by atoms with van der Waals surface area (Å²) in [4.78, 5) is 6.49. The Kier molecular flexibility index (Phi) is 5.90. The van der Waals surface area contributed by atoms with Crippen LogP contribution < -0.4 is 10.1 Å². The minimum atomic E-state index is 0.612. The normalized spacial score (nSPS) is 21.0. The Balaban J connectivity index is 1.70. The Morgan fingerprint density at radius 3 is 2.81 bits per heavy atom. The summed E-state index contributed by atoms with van der Waals surface area (Å²) in [6, 6.07) is 10.5. The molecule has 4 nitrogen and oxygen atoms in total. The van der Waals surface area contributed by atoms with Crippen LogP contribution in [0.5, 0.6) is 5.75 Å². The van der Waals surface area contributed by atoms with Crippen LogP contribution in [0.3, 0.4) is 0 Å². The molecule has 1 N–H and O–H groups in total. The fourth-order valence-electron chi connectivity index (χ4n) is 2.55. The molecule has 4 heteroatoms. The first-order valence-electron chi connectivity index (χ1n) is 7.87. The monoisotopic (exact) mass is 289 g/mol. The molecule has 1 aliphatic carbocycles. The average Bonchev–Trinajstić information content (AvgIpc) is 3.24. The van der Waals surface area contributed by atoms with Crippen molar-refractivity contribution in [2.75, 3.05) is 27.2 Å². The predicted molar refractivity (Wildman–Crippen MR) is 87.9 cm³/mol. The molecular formula is C17H27N3O. The van der Waals surface area contributed by atoms with E-state index in [0.717, 1.165) is 24.2 Å². The smallest absolute Gasteiger partial charge is 0.193 e. The van der Waals surface area contributed by atoms with Crippen molar-refractivity contribution in [3.05, 3.63) is 30.3 Å². The minimum absolute atomic E-state index is 0.612. The van der Waals surface area contributed by atoms with Crippen LogP contribution in [-0.2, 0) is 0 Å². The van der Waals surface area contributed by atoms with Gasteiger partial charge in [-0.25, -0.2) is 0 Å². The number of benzene rings is 1. The zero-order chi connectivity index (χ0) is 15.1. The molecule has 0 aliphatic heterocycles. The van der Waals surface area contributed by atoms with E-state index in [1.807, 2.05) is 37.4 Å². The Morgan fingerprint density at radius 2 is 2.14 bits per heavy atom. The van der Waals surface area contributed by atoms with Crippen LogP contribution in [0.25, 0.3) is 0 Å². The van der Waals surface area contributed by atoms with Crippen LogP contribution in [-0.4, -0.2) is 44.1 Å². The highest BCUT2D eigenvalue weighted by molar-refractivity contribution is 5.80. The Morgan fingerprint density at radius 1 is 1.38 bits per heavy atom. The van der Waals surface area contributed by atoms with E-state index in [4.69, 9.17) is 4.74 Å². The molecule has 0 saturated heterocycles. The molecule has 0 amide bonds. The van der Waals surface area contributed by atoms with Gasteiger partial charge in [0.2, 0.25) is 0 Å². The molecule has 0 heterocycles. The number of nitrogens with zero attached hydrogens (tertiary/aromatic N) is 2. The average molecular weight is 289 g/mol. The van der Waals surface area contributed by atoms with E-state index in [1.165, 1.54) is 19.3 Å². The SMILES string of the molecule is CCCC1CC1NC(=NC)N(C)CCOc1ccccc1. The molecule has 1 aromatic carbocycles. The summed E-state index contributed by atoms with van der Waals surface area (Å²) in [5.74, 6) is 2.72. The van der Waals surface area contributed by atoms with E-state index in [1.54, 1.807) is 0 Å². The fourth-order valence-corrected chi connectivity index (χ4v) is 2.55. The quantitative estimate of drug-likeness (QED) is 0.619. The third kappa shape index (κ3) is 4.96. The lowest BCUT2D eigenvalue weighted by molar-refractivity contribution is 0.281.